The smallest absolute Gasteiger partial charge is 0.256 e. The predicted molar refractivity (Wildman–Crippen MR) is 159 cm³/mol. The largest absolute Gasteiger partial charge is 0.351 e. The molecule has 196 valence electrons. The minimum atomic E-state index is -0.454. The summed E-state index contributed by atoms with van der Waals surface area (Å²) < 4.78 is 0. The van der Waals surface area contributed by atoms with Crippen LogP contribution in [0.5, 0.6) is 0 Å². The van der Waals surface area contributed by atoms with E-state index in [1.807, 2.05) is 79.7 Å². The summed E-state index contributed by atoms with van der Waals surface area (Å²) in [6, 6.07) is 24.9. The van der Waals surface area contributed by atoms with Crippen LogP contribution in [0.4, 0.5) is 0 Å². The molecule has 2 N–H and O–H groups in total. The third kappa shape index (κ3) is 4.95. The lowest BCUT2D eigenvalue weighted by atomic mass is 9.96. The van der Waals surface area contributed by atoms with Gasteiger partial charge in [0.2, 0.25) is 5.43 Å². The van der Waals surface area contributed by atoms with E-state index in [2.05, 4.69) is 20.3 Å². The van der Waals surface area contributed by atoms with E-state index in [0.717, 1.165) is 33.5 Å². The summed E-state index contributed by atoms with van der Waals surface area (Å²) in [5.74, 6) is -0.454. The lowest BCUT2D eigenvalue weighted by molar-refractivity contribution is 0.0953. The normalized spacial score (nSPS) is 11.2. The number of amides is 1. The number of nitrogens with one attached hydrogen (secondary N) is 2. The fraction of sp³-hybridized carbons (Fsp3) is 0.0938. The molecular weight excluding hydrogens is 522 g/mol. The van der Waals surface area contributed by atoms with Gasteiger partial charge in [-0.3, -0.25) is 19.6 Å². The zero-order valence-electron chi connectivity index (χ0n) is 21.6. The Morgan fingerprint density at radius 1 is 0.950 bits per heavy atom. The van der Waals surface area contributed by atoms with E-state index in [-0.39, 0.29) is 5.56 Å². The first-order valence-corrected chi connectivity index (χ1v) is 13.2. The molecule has 4 aromatic heterocycles. The van der Waals surface area contributed by atoms with Crippen molar-refractivity contribution in [3.05, 3.63) is 123 Å². The van der Waals surface area contributed by atoms with Crippen LogP contribution in [-0.2, 0) is 6.42 Å². The molecule has 0 radical (unpaired) electrons. The summed E-state index contributed by atoms with van der Waals surface area (Å²) in [5.41, 5.74) is 5.57. The van der Waals surface area contributed by atoms with Gasteiger partial charge in [0, 0.05) is 53.3 Å². The number of rotatable bonds is 6. The monoisotopic (exact) mass is 545 g/mol. The van der Waals surface area contributed by atoms with Crippen LogP contribution in [0.1, 0.15) is 21.7 Å². The molecule has 1 amide bonds. The van der Waals surface area contributed by atoms with E-state index in [4.69, 9.17) is 16.6 Å². The quantitative estimate of drug-likeness (QED) is 0.262. The van der Waals surface area contributed by atoms with Crippen molar-refractivity contribution < 1.29 is 4.79 Å². The van der Waals surface area contributed by atoms with Gasteiger partial charge in [-0.05, 0) is 48.9 Å². The molecule has 4 heterocycles. The maximum absolute atomic E-state index is 13.6. The zero-order valence-corrected chi connectivity index (χ0v) is 22.4. The molecule has 0 atom stereocenters. The van der Waals surface area contributed by atoms with E-state index >= 15 is 0 Å². The molecule has 0 aliphatic carbocycles. The number of carbonyl (C=O) groups excluding carboxylic acids is 1. The Bertz CT molecular complexity index is 1950. The Balaban J connectivity index is 1.42. The van der Waals surface area contributed by atoms with Gasteiger partial charge in [-0.1, -0.05) is 54.1 Å². The summed E-state index contributed by atoms with van der Waals surface area (Å²) in [5, 5.41) is 4.52. The van der Waals surface area contributed by atoms with E-state index in [1.165, 1.54) is 6.20 Å². The number of H-pyrrole nitrogens is 1. The third-order valence-corrected chi connectivity index (χ3v) is 7.03. The van der Waals surface area contributed by atoms with Crippen LogP contribution in [-0.4, -0.2) is 32.4 Å². The second kappa shape index (κ2) is 10.7. The van der Waals surface area contributed by atoms with Crippen LogP contribution in [0, 0.1) is 6.92 Å². The summed E-state index contributed by atoms with van der Waals surface area (Å²) in [4.78, 5) is 43.4. The van der Waals surface area contributed by atoms with Crippen molar-refractivity contribution >= 4 is 39.4 Å². The van der Waals surface area contributed by atoms with Crippen molar-refractivity contribution in [1.82, 2.24) is 25.3 Å². The molecule has 8 heteroatoms. The van der Waals surface area contributed by atoms with Gasteiger partial charge in [0.15, 0.2) is 0 Å². The highest BCUT2D eigenvalue weighted by Crippen LogP contribution is 2.36. The fourth-order valence-corrected chi connectivity index (χ4v) is 5.07. The molecule has 7 nitrogen and oxygen atoms in total. The second-order valence-electron chi connectivity index (χ2n) is 9.49. The van der Waals surface area contributed by atoms with Crippen molar-refractivity contribution in [2.75, 3.05) is 6.54 Å². The summed E-state index contributed by atoms with van der Waals surface area (Å²) in [6.45, 7) is 2.28. The lowest BCUT2D eigenvalue weighted by Gasteiger charge is -2.13. The number of aryl methyl sites for hydroxylation is 1. The van der Waals surface area contributed by atoms with Gasteiger partial charge in [-0.15, -0.1) is 0 Å². The first-order chi connectivity index (χ1) is 19.5. The molecule has 0 saturated carbocycles. The van der Waals surface area contributed by atoms with Gasteiger partial charge < -0.3 is 10.3 Å². The van der Waals surface area contributed by atoms with Gasteiger partial charge >= 0.3 is 0 Å². The summed E-state index contributed by atoms with van der Waals surface area (Å²) in [7, 11) is 0. The SMILES string of the molecule is Cc1cccc(CCNC(=O)c2c[nH]c3nc(-c4ccccc4)c(-c4cc(Cl)c5ncccc5c4)cc3c2=O)n1. The molecule has 0 spiro atoms. The standard InChI is InChI=1S/C32H24ClN5O2/c1-19-7-5-11-23(37-19)12-14-35-32(40)26-18-36-31-25(30(26)39)17-24(28(38-31)20-8-3-2-4-9-20)22-15-21-10-6-13-34-29(21)27(33)16-22/h2-11,13,15-18H,12,14H2,1H3,(H,35,40)(H,36,38,39). The highest BCUT2D eigenvalue weighted by Gasteiger charge is 2.18. The number of hydrogen-bond donors (Lipinski definition) is 2. The van der Waals surface area contributed by atoms with E-state index < -0.39 is 11.3 Å². The van der Waals surface area contributed by atoms with Gasteiger partial charge in [0.1, 0.15) is 11.2 Å². The van der Waals surface area contributed by atoms with Gasteiger partial charge in [0.05, 0.1) is 21.6 Å². The maximum atomic E-state index is 13.6. The van der Waals surface area contributed by atoms with Crippen molar-refractivity contribution in [1.29, 1.82) is 0 Å². The Kier molecular flexibility index (Phi) is 6.80. The molecule has 40 heavy (non-hydrogen) atoms. The second-order valence-corrected chi connectivity index (χ2v) is 9.89. The number of halogens is 1. The Morgan fingerprint density at radius 2 is 1.80 bits per heavy atom. The number of pyridine rings is 4. The van der Waals surface area contributed by atoms with E-state index in [1.54, 1.807) is 12.3 Å². The van der Waals surface area contributed by atoms with E-state index in [9.17, 15) is 9.59 Å². The third-order valence-electron chi connectivity index (χ3n) is 6.74. The number of hydrogen-bond acceptors (Lipinski definition) is 5. The van der Waals surface area contributed by atoms with Gasteiger partial charge in [-0.2, -0.15) is 0 Å². The van der Waals surface area contributed by atoms with Gasteiger partial charge in [0.25, 0.3) is 5.91 Å². The molecular formula is C32H24ClN5O2. The zero-order chi connectivity index (χ0) is 27.6. The molecule has 0 aliphatic heterocycles. The highest BCUT2D eigenvalue weighted by atomic mass is 35.5. The van der Waals surface area contributed by atoms with Crippen LogP contribution >= 0.6 is 11.6 Å². The van der Waals surface area contributed by atoms with Crippen LogP contribution in [0.3, 0.4) is 0 Å². The van der Waals surface area contributed by atoms with Crippen molar-refractivity contribution in [2.45, 2.75) is 13.3 Å². The van der Waals surface area contributed by atoms with Crippen LogP contribution in [0.25, 0.3) is 44.3 Å². The molecule has 0 saturated heterocycles. The Labute approximate surface area is 234 Å². The van der Waals surface area contributed by atoms with Gasteiger partial charge in [-0.25, -0.2) is 4.98 Å². The van der Waals surface area contributed by atoms with Crippen molar-refractivity contribution in [2.24, 2.45) is 0 Å². The Hall–Kier alpha value is -4.88. The summed E-state index contributed by atoms with van der Waals surface area (Å²) in [6.07, 6.45) is 3.68. The number of nitrogens with zero attached hydrogens (tertiary/aromatic N) is 3. The molecule has 2 aromatic carbocycles. The number of aromatic nitrogens is 4. The first-order valence-electron chi connectivity index (χ1n) is 12.9. The molecule has 6 aromatic rings. The predicted octanol–water partition coefficient (Wildman–Crippen LogP) is 6.13. The van der Waals surface area contributed by atoms with Crippen molar-refractivity contribution in [3.8, 4) is 22.4 Å². The molecule has 0 aliphatic rings. The molecule has 6 rings (SSSR count). The number of fused-ring (bicyclic) bond motifs is 2. The maximum Gasteiger partial charge on any atom is 0.256 e. The Morgan fingerprint density at radius 3 is 2.62 bits per heavy atom. The number of aromatic amines is 1. The molecule has 0 unspecified atom stereocenters. The minimum absolute atomic E-state index is 0.0191. The average Bonchev–Trinajstić information content (AvgIpc) is 2.97. The van der Waals surface area contributed by atoms with Crippen molar-refractivity contribution in [3.63, 3.8) is 0 Å². The van der Waals surface area contributed by atoms with E-state index in [0.29, 0.717) is 40.2 Å². The summed E-state index contributed by atoms with van der Waals surface area (Å²) >= 11 is 6.62. The van der Waals surface area contributed by atoms with Crippen LogP contribution in [0.15, 0.2) is 96.1 Å². The van der Waals surface area contributed by atoms with Crippen LogP contribution in [0.2, 0.25) is 5.02 Å². The minimum Gasteiger partial charge on any atom is -0.351 e. The first kappa shape index (κ1) is 25.4. The number of benzene rings is 2. The fourth-order valence-electron chi connectivity index (χ4n) is 4.79. The van der Waals surface area contributed by atoms with Crippen LogP contribution < -0.4 is 10.7 Å². The topological polar surface area (TPSA) is 101 Å². The lowest BCUT2D eigenvalue weighted by Crippen LogP contribution is -2.30. The number of carbonyl (C=O) groups is 1. The molecule has 0 fully saturated rings. The highest BCUT2D eigenvalue weighted by molar-refractivity contribution is 6.35. The average molecular weight is 546 g/mol. The molecule has 0 bridgehead atoms.